The van der Waals surface area contributed by atoms with Gasteiger partial charge in [-0.05, 0) is 0 Å². The second-order valence-electron chi connectivity index (χ2n) is 0.447. The summed E-state index contributed by atoms with van der Waals surface area (Å²) >= 11 is 0. The molecule has 0 N–H and O–H groups in total. The Morgan fingerprint density at radius 3 is 1.18 bits per heavy atom. The van der Waals surface area contributed by atoms with Crippen LogP contribution in [0.15, 0.2) is 0 Å². The molecule has 0 spiro atoms. The third-order valence-corrected chi connectivity index (χ3v) is 0. The minimum absolute atomic E-state index is 0. The van der Waals surface area contributed by atoms with Gasteiger partial charge in [0.2, 0.25) is 0 Å². The molecule has 0 aliphatic heterocycles. The number of hydrogen-bond donors (Lipinski definition) is 0. The molecule has 11 heavy (non-hydrogen) atoms. The third kappa shape index (κ3) is 107. The summed E-state index contributed by atoms with van der Waals surface area (Å²) in [5.74, 6) is 0. The summed E-state index contributed by atoms with van der Waals surface area (Å²) in [6, 6.07) is 0. The van der Waals surface area contributed by atoms with Gasteiger partial charge in [0.25, 0.3) is 0 Å². The van der Waals surface area contributed by atoms with Gasteiger partial charge in [0.1, 0.15) is 0 Å². The van der Waals surface area contributed by atoms with E-state index < -0.39 is 7.82 Å². The van der Waals surface area contributed by atoms with Gasteiger partial charge < -0.3 is 22.1 Å². The van der Waals surface area contributed by atoms with E-state index in [2.05, 4.69) is 0 Å². The van der Waals surface area contributed by atoms with E-state index in [4.69, 9.17) is 19.2 Å². The van der Waals surface area contributed by atoms with Crippen LogP contribution in [-0.4, -0.2) is 78.2 Å². The summed E-state index contributed by atoms with van der Waals surface area (Å²) in [6.45, 7) is 0. The molecule has 0 aliphatic rings. The Balaban J connectivity index is -0.00000000286. The molecule has 0 atom stereocenters. The van der Waals surface area contributed by atoms with Gasteiger partial charge in [0, 0.05) is 34.1 Å². The Bertz CT molecular complexity index is 84.3. The van der Waals surface area contributed by atoms with Crippen LogP contribution in [0.1, 0.15) is 2.85 Å². The van der Waals surface area contributed by atoms with Gasteiger partial charge in [-0.3, -0.25) is 0 Å². The zero-order chi connectivity index (χ0) is 4.50. The normalized spacial score (nSPS) is 5.36. The second-order valence-corrected chi connectivity index (χ2v) is 1.34. The fourth-order valence-corrected chi connectivity index (χ4v) is 0. The standard InChI is InChI=1S/Al.Ca.Fe.Mg.Mn.Na.H3O4P.5H/c;;;;;;1-5(2,3)4;;;;;/h;;;;;;(H3,1,2,3,4);;;;;/q;+2;;+2;;+1;;;;;2*-1/p-3. The van der Waals surface area contributed by atoms with Crippen molar-refractivity contribution in [3.05, 3.63) is 0 Å². The van der Waals surface area contributed by atoms with Crippen LogP contribution < -0.4 is 44.2 Å². The molecule has 0 aromatic rings. The summed E-state index contributed by atoms with van der Waals surface area (Å²) in [5.41, 5.74) is 0. The molecule has 0 aromatic heterocycles. The first-order valence-corrected chi connectivity index (χ1v) is 2.19. The fraction of sp³-hybridized carbons (Fsp3) is 0. The second kappa shape index (κ2) is 24.1. The van der Waals surface area contributed by atoms with Crippen molar-refractivity contribution < 1.29 is 85.8 Å². The molecular formula is H5AlCaFeMgMnNaO4P. The van der Waals surface area contributed by atoms with Crippen molar-refractivity contribution >= 4 is 86.0 Å². The molecule has 0 aliphatic carbocycles. The zero-order valence-electron chi connectivity index (χ0n) is 7.23. The topological polar surface area (TPSA) is 86.2 Å². The minimum Gasteiger partial charge on any atom is -1.00 e. The van der Waals surface area contributed by atoms with Gasteiger partial charge in [-0.25, -0.2) is 0 Å². The van der Waals surface area contributed by atoms with Crippen LogP contribution in [0.25, 0.3) is 0 Å². The Hall–Kier alpha value is 4.71. The molecule has 0 unspecified atom stereocenters. The monoisotopic (exact) mass is 325 g/mol. The van der Waals surface area contributed by atoms with Crippen LogP contribution in [0.4, 0.5) is 0 Å². The van der Waals surface area contributed by atoms with Crippen molar-refractivity contribution in [1.29, 1.82) is 0 Å². The molecule has 0 fully saturated rings. The van der Waals surface area contributed by atoms with Crippen molar-refractivity contribution in [2.75, 3.05) is 0 Å². The van der Waals surface area contributed by atoms with Crippen molar-refractivity contribution in [3.8, 4) is 0 Å². The molecule has 0 heterocycles. The quantitative estimate of drug-likeness (QED) is 0.327. The maximum absolute atomic E-state index is 8.55. The van der Waals surface area contributed by atoms with E-state index in [9.17, 15) is 0 Å². The van der Waals surface area contributed by atoms with Crippen molar-refractivity contribution in [3.63, 3.8) is 0 Å². The molecule has 11 heteroatoms. The van der Waals surface area contributed by atoms with E-state index in [0.717, 1.165) is 0 Å². The minimum atomic E-state index is -5.39. The molecule has 0 rings (SSSR count). The first-order chi connectivity index (χ1) is 2.00. The molecule has 0 saturated heterocycles. The largest absolute Gasteiger partial charge is 2.00 e. The van der Waals surface area contributed by atoms with Gasteiger partial charge in [-0.2, -0.15) is 7.82 Å². The van der Waals surface area contributed by atoms with Crippen LogP contribution >= 0.6 is 7.82 Å². The van der Waals surface area contributed by atoms with Crippen LogP contribution in [0.2, 0.25) is 0 Å². The van der Waals surface area contributed by atoms with Crippen LogP contribution in [0.3, 0.4) is 0 Å². The van der Waals surface area contributed by atoms with Gasteiger partial charge in [0.15, 0.2) is 17.4 Å². The molecule has 1 radical (unpaired) electrons. The molecule has 0 aromatic carbocycles. The fourth-order valence-electron chi connectivity index (χ4n) is 0. The number of phosphoric acid groups is 1. The van der Waals surface area contributed by atoms with Gasteiger partial charge >= 0.3 is 90.3 Å². The predicted octanol–water partition coefficient (Wildman–Crippen LogP) is -7.55. The van der Waals surface area contributed by atoms with Gasteiger partial charge in [0.05, 0.1) is 0 Å². The first-order valence-electron chi connectivity index (χ1n) is 0.730. The summed E-state index contributed by atoms with van der Waals surface area (Å²) in [5, 5.41) is 0. The van der Waals surface area contributed by atoms with E-state index in [1.807, 2.05) is 0 Å². The average molecular weight is 325 g/mol. The van der Waals surface area contributed by atoms with E-state index >= 15 is 0 Å². The van der Waals surface area contributed by atoms with Crippen LogP contribution in [-0.2, 0) is 38.7 Å². The van der Waals surface area contributed by atoms with Crippen LogP contribution in [0, 0.1) is 0 Å². The summed E-state index contributed by atoms with van der Waals surface area (Å²) in [4.78, 5) is 25.6. The smallest absolute Gasteiger partial charge is 1.00 e. The molecule has 0 amide bonds. The third-order valence-electron chi connectivity index (χ3n) is 0. The van der Waals surface area contributed by atoms with Crippen molar-refractivity contribution in [2.24, 2.45) is 0 Å². The number of rotatable bonds is 0. The van der Waals surface area contributed by atoms with E-state index in [-0.39, 0.29) is 145 Å². The van der Waals surface area contributed by atoms with Crippen LogP contribution in [0.5, 0.6) is 0 Å². The van der Waals surface area contributed by atoms with E-state index in [0.29, 0.717) is 0 Å². The Morgan fingerprint density at radius 1 is 1.18 bits per heavy atom. The first kappa shape index (κ1) is 44.8. The summed E-state index contributed by atoms with van der Waals surface area (Å²) in [7, 11) is -5.39. The summed E-state index contributed by atoms with van der Waals surface area (Å²) in [6.07, 6.45) is 0. The van der Waals surface area contributed by atoms with E-state index in [1.165, 1.54) is 0 Å². The maximum atomic E-state index is 8.55. The molecule has 4 nitrogen and oxygen atoms in total. The van der Waals surface area contributed by atoms with Gasteiger partial charge in [-0.1, -0.05) is 0 Å². The Kier molecular flexibility index (Phi) is 98.2. The molecule has 57 valence electrons. The molecular weight excluding hydrogens is 320 g/mol. The molecule has 0 saturated carbocycles. The number of hydrogen-bond acceptors (Lipinski definition) is 4. The van der Waals surface area contributed by atoms with E-state index in [1.54, 1.807) is 0 Å². The Labute approximate surface area is 168 Å². The maximum Gasteiger partial charge on any atom is 2.00 e. The van der Waals surface area contributed by atoms with Crippen molar-refractivity contribution in [1.82, 2.24) is 0 Å². The summed E-state index contributed by atoms with van der Waals surface area (Å²) < 4.78 is 8.55. The predicted molar refractivity (Wildman–Crippen MR) is 31.3 cm³/mol. The van der Waals surface area contributed by atoms with Crippen molar-refractivity contribution in [2.45, 2.75) is 0 Å². The Morgan fingerprint density at radius 2 is 1.18 bits per heavy atom. The SMILES string of the molecule is O=P([O-])([O-])[O-].[AlH3].[Ca+2].[Fe].[H-].[H-].[Mg+2].[Mn].[Na+]. The molecule has 0 bridgehead atoms. The average Bonchev–Trinajstić information content (AvgIpc) is 0.722. The zero-order valence-corrected chi connectivity index (χ0v) is 14.0. The van der Waals surface area contributed by atoms with Gasteiger partial charge in [-0.15, -0.1) is 0 Å².